The average molecular weight is 265 g/mol. The third kappa shape index (κ3) is 4.72. The molecule has 0 rings (SSSR count). The van der Waals surface area contributed by atoms with Gasteiger partial charge in [-0.15, -0.1) is 0 Å². The molecule has 100 valence electrons. The number of nitrogens with one attached hydrogen (secondary N) is 1. The van der Waals surface area contributed by atoms with E-state index in [1.165, 1.54) is 6.92 Å². The Hall–Kier alpha value is -1.11. The van der Waals surface area contributed by atoms with Crippen molar-refractivity contribution >= 4 is 21.7 Å². The van der Waals surface area contributed by atoms with Gasteiger partial charge in [0.25, 0.3) is 0 Å². The predicted molar refractivity (Wildman–Crippen MR) is 63.3 cm³/mol. The number of carbonyl (C=O) groups excluding carboxylic acids is 1. The smallest absolute Gasteiger partial charge is 0.326 e. The summed E-state index contributed by atoms with van der Waals surface area (Å²) in [5.41, 5.74) is -0.696. The zero-order chi connectivity index (χ0) is 14.0. The van der Waals surface area contributed by atoms with E-state index in [-0.39, 0.29) is 0 Å². The van der Waals surface area contributed by atoms with Crippen LogP contribution in [-0.4, -0.2) is 42.9 Å². The number of aliphatic carboxylic acids is 1. The van der Waals surface area contributed by atoms with E-state index in [2.05, 4.69) is 5.32 Å². The summed E-state index contributed by atoms with van der Waals surface area (Å²) in [5.74, 6) is -1.98. The monoisotopic (exact) mass is 265 g/mol. The van der Waals surface area contributed by atoms with Crippen molar-refractivity contribution in [3.8, 4) is 0 Å². The lowest BCUT2D eigenvalue weighted by atomic mass is 9.86. The highest BCUT2D eigenvalue weighted by Crippen LogP contribution is 2.19. The van der Waals surface area contributed by atoms with Gasteiger partial charge in [0.2, 0.25) is 5.91 Å². The Balaban J connectivity index is 4.94. The van der Waals surface area contributed by atoms with E-state index in [1.54, 1.807) is 20.8 Å². The molecule has 0 fully saturated rings. The van der Waals surface area contributed by atoms with Crippen molar-refractivity contribution in [2.45, 2.75) is 39.0 Å². The highest BCUT2D eigenvalue weighted by molar-refractivity contribution is 7.92. The Bertz CT molecular complexity index is 407. The fourth-order valence-electron chi connectivity index (χ4n) is 1.10. The number of carbonyl (C=O) groups is 2. The molecule has 0 aliphatic heterocycles. The van der Waals surface area contributed by atoms with Gasteiger partial charge in [0, 0.05) is 6.26 Å². The number of hydrogen-bond donors (Lipinski definition) is 2. The Morgan fingerprint density at radius 3 is 1.88 bits per heavy atom. The van der Waals surface area contributed by atoms with Crippen molar-refractivity contribution in [1.82, 2.24) is 5.32 Å². The first kappa shape index (κ1) is 15.9. The standard InChI is InChI=1S/C10H19NO5S/c1-6(17(5,15)16)8(12)11-7(9(13)14)10(2,3)4/h6-7H,1-5H3,(H,11,12)(H,13,14)/t6?,7-/m1/s1. The molecule has 7 heteroatoms. The fraction of sp³-hybridized carbons (Fsp3) is 0.800. The Kier molecular flexibility index (Phi) is 4.70. The minimum atomic E-state index is -3.52. The van der Waals surface area contributed by atoms with Crippen molar-refractivity contribution in [2.24, 2.45) is 5.41 Å². The molecule has 0 heterocycles. The molecule has 0 spiro atoms. The molecule has 2 atom stereocenters. The quantitative estimate of drug-likeness (QED) is 0.747. The summed E-state index contributed by atoms with van der Waals surface area (Å²) in [6.07, 6.45) is 0.935. The Morgan fingerprint density at radius 2 is 1.65 bits per heavy atom. The highest BCUT2D eigenvalue weighted by Gasteiger charge is 2.35. The first-order valence-corrected chi connectivity index (χ1v) is 7.05. The SMILES string of the molecule is CC(C(=O)N[C@H](C(=O)O)C(C)(C)C)S(C)(=O)=O. The molecule has 0 aliphatic rings. The van der Waals surface area contributed by atoms with Crippen LogP contribution in [0.15, 0.2) is 0 Å². The summed E-state index contributed by atoms with van der Waals surface area (Å²) >= 11 is 0. The molecule has 0 aliphatic carbocycles. The highest BCUT2D eigenvalue weighted by atomic mass is 32.2. The van der Waals surface area contributed by atoms with E-state index >= 15 is 0 Å². The van der Waals surface area contributed by atoms with Gasteiger partial charge < -0.3 is 10.4 Å². The Labute approximate surface area is 101 Å². The number of hydrogen-bond acceptors (Lipinski definition) is 4. The minimum Gasteiger partial charge on any atom is -0.480 e. The summed E-state index contributed by atoms with van der Waals surface area (Å²) < 4.78 is 22.3. The van der Waals surface area contributed by atoms with Gasteiger partial charge in [-0.3, -0.25) is 4.79 Å². The number of amides is 1. The maximum absolute atomic E-state index is 11.6. The van der Waals surface area contributed by atoms with Crippen molar-refractivity contribution in [3.05, 3.63) is 0 Å². The lowest BCUT2D eigenvalue weighted by Gasteiger charge is -2.28. The van der Waals surface area contributed by atoms with E-state index in [0.717, 1.165) is 6.26 Å². The predicted octanol–water partition coefficient (Wildman–Crippen LogP) is 0.0350. The molecule has 0 bridgehead atoms. The third-order valence-corrected chi connectivity index (χ3v) is 3.91. The summed E-state index contributed by atoms with van der Waals surface area (Å²) in [7, 11) is -3.52. The molecular weight excluding hydrogens is 246 g/mol. The lowest BCUT2D eigenvalue weighted by Crippen LogP contribution is -2.52. The van der Waals surface area contributed by atoms with E-state index < -0.39 is 38.4 Å². The van der Waals surface area contributed by atoms with Crippen LogP contribution in [-0.2, 0) is 19.4 Å². The van der Waals surface area contributed by atoms with Gasteiger partial charge in [0.1, 0.15) is 11.3 Å². The maximum atomic E-state index is 11.6. The summed E-state index contributed by atoms with van der Waals surface area (Å²) in [4.78, 5) is 22.6. The number of rotatable bonds is 4. The summed E-state index contributed by atoms with van der Waals surface area (Å²) in [5, 5.41) is 9.97. The van der Waals surface area contributed by atoms with Crippen LogP contribution in [0.5, 0.6) is 0 Å². The van der Waals surface area contributed by atoms with E-state index in [0.29, 0.717) is 0 Å². The molecule has 0 saturated heterocycles. The van der Waals surface area contributed by atoms with Crippen LogP contribution in [0.4, 0.5) is 0 Å². The summed E-state index contributed by atoms with van der Waals surface area (Å²) in [6.45, 7) is 6.18. The number of carboxylic acids is 1. The first-order valence-electron chi connectivity index (χ1n) is 5.09. The molecule has 1 unspecified atom stereocenters. The summed E-state index contributed by atoms with van der Waals surface area (Å²) in [6, 6.07) is -1.13. The first-order chi connectivity index (χ1) is 7.37. The zero-order valence-corrected chi connectivity index (χ0v) is 11.5. The second kappa shape index (κ2) is 5.03. The van der Waals surface area contributed by atoms with Gasteiger partial charge in [-0.1, -0.05) is 20.8 Å². The molecule has 17 heavy (non-hydrogen) atoms. The van der Waals surface area contributed by atoms with Crippen LogP contribution in [0.25, 0.3) is 0 Å². The topological polar surface area (TPSA) is 101 Å². The molecule has 2 N–H and O–H groups in total. The van der Waals surface area contributed by atoms with Crippen LogP contribution < -0.4 is 5.32 Å². The van der Waals surface area contributed by atoms with Gasteiger partial charge in [-0.2, -0.15) is 0 Å². The van der Waals surface area contributed by atoms with E-state index in [1.807, 2.05) is 0 Å². The molecule has 0 aromatic heterocycles. The van der Waals surface area contributed by atoms with E-state index in [9.17, 15) is 18.0 Å². The average Bonchev–Trinajstić information content (AvgIpc) is 2.08. The van der Waals surface area contributed by atoms with Gasteiger partial charge >= 0.3 is 5.97 Å². The van der Waals surface area contributed by atoms with Crippen LogP contribution >= 0.6 is 0 Å². The molecular formula is C10H19NO5S. The van der Waals surface area contributed by atoms with E-state index in [4.69, 9.17) is 5.11 Å². The minimum absolute atomic E-state index is 0.696. The van der Waals surface area contributed by atoms with Crippen molar-refractivity contribution < 1.29 is 23.1 Å². The molecule has 1 amide bonds. The molecule has 0 aromatic rings. The van der Waals surface area contributed by atoms with Crippen LogP contribution in [0.1, 0.15) is 27.7 Å². The Morgan fingerprint density at radius 1 is 1.24 bits per heavy atom. The van der Waals surface area contributed by atoms with Crippen molar-refractivity contribution in [3.63, 3.8) is 0 Å². The second-order valence-corrected chi connectivity index (χ2v) is 7.48. The fourth-order valence-corrected chi connectivity index (χ4v) is 1.56. The normalized spacial score (nSPS) is 16.1. The van der Waals surface area contributed by atoms with Crippen LogP contribution in [0.3, 0.4) is 0 Å². The van der Waals surface area contributed by atoms with Crippen LogP contribution in [0.2, 0.25) is 0 Å². The number of carboxylic acid groups (broad SMARTS) is 1. The van der Waals surface area contributed by atoms with Gasteiger partial charge in [0.05, 0.1) is 0 Å². The lowest BCUT2D eigenvalue weighted by molar-refractivity contribution is -0.144. The second-order valence-electron chi connectivity index (χ2n) is 5.12. The molecule has 0 aromatic carbocycles. The van der Waals surface area contributed by atoms with Gasteiger partial charge in [-0.05, 0) is 12.3 Å². The van der Waals surface area contributed by atoms with Crippen molar-refractivity contribution in [1.29, 1.82) is 0 Å². The zero-order valence-electron chi connectivity index (χ0n) is 10.6. The largest absolute Gasteiger partial charge is 0.480 e. The van der Waals surface area contributed by atoms with Gasteiger partial charge in [-0.25, -0.2) is 13.2 Å². The maximum Gasteiger partial charge on any atom is 0.326 e. The molecule has 6 nitrogen and oxygen atoms in total. The van der Waals surface area contributed by atoms with Gasteiger partial charge in [0.15, 0.2) is 9.84 Å². The molecule has 0 saturated carbocycles. The number of sulfone groups is 1. The third-order valence-electron chi connectivity index (χ3n) is 2.41. The van der Waals surface area contributed by atoms with Crippen LogP contribution in [0, 0.1) is 5.41 Å². The van der Waals surface area contributed by atoms with Crippen molar-refractivity contribution in [2.75, 3.05) is 6.26 Å². The molecule has 0 radical (unpaired) electrons.